The maximum absolute atomic E-state index is 12.4. The van der Waals surface area contributed by atoms with Gasteiger partial charge in [-0.1, -0.05) is 18.2 Å². The van der Waals surface area contributed by atoms with Crippen molar-refractivity contribution in [3.8, 4) is 0 Å². The number of anilines is 1. The number of nitrogens with one attached hydrogen (secondary N) is 1. The zero-order chi connectivity index (χ0) is 15.9. The van der Waals surface area contributed by atoms with Gasteiger partial charge >= 0.3 is 5.97 Å². The van der Waals surface area contributed by atoms with Crippen LogP contribution in [0.4, 0.5) is 11.4 Å². The van der Waals surface area contributed by atoms with E-state index in [0.717, 1.165) is 0 Å². The molecule has 0 radical (unpaired) electrons. The first-order valence-electron chi connectivity index (χ1n) is 6.94. The molecule has 1 aromatic carbocycles. The van der Waals surface area contributed by atoms with Crippen molar-refractivity contribution in [2.75, 3.05) is 5.32 Å². The Bertz CT molecular complexity index is 684. The summed E-state index contributed by atoms with van der Waals surface area (Å²) >= 11 is 0. The van der Waals surface area contributed by atoms with Crippen molar-refractivity contribution in [1.29, 1.82) is 0 Å². The molecule has 2 bridgehead atoms. The summed E-state index contributed by atoms with van der Waals surface area (Å²) in [5.41, 5.74) is 0.242. The van der Waals surface area contributed by atoms with Crippen molar-refractivity contribution in [2.45, 2.75) is 6.42 Å². The number of nitrogens with zero attached hydrogens (tertiary/aromatic N) is 1. The number of non-ortho nitro benzene ring substituents is 1. The van der Waals surface area contributed by atoms with Crippen LogP contribution < -0.4 is 5.32 Å². The van der Waals surface area contributed by atoms with Crippen LogP contribution in [0.25, 0.3) is 0 Å². The molecule has 22 heavy (non-hydrogen) atoms. The molecule has 0 spiro atoms. The zero-order valence-electron chi connectivity index (χ0n) is 11.5. The second-order valence-corrected chi connectivity index (χ2v) is 5.63. The van der Waals surface area contributed by atoms with Crippen LogP contribution in [0.1, 0.15) is 6.42 Å². The summed E-state index contributed by atoms with van der Waals surface area (Å²) in [4.78, 5) is 33.8. The number of carboxylic acids is 1. The summed E-state index contributed by atoms with van der Waals surface area (Å²) in [5, 5.41) is 22.6. The Hall–Kier alpha value is -2.70. The number of hydrogen-bond donors (Lipinski definition) is 2. The van der Waals surface area contributed by atoms with Gasteiger partial charge in [-0.25, -0.2) is 0 Å². The summed E-state index contributed by atoms with van der Waals surface area (Å²) in [6.45, 7) is 0. The first kappa shape index (κ1) is 14.2. The molecule has 2 aliphatic rings. The van der Waals surface area contributed by atoms with Crippen LogP contribution in [0, 0.1) is 33.8 Å². The van der Waals surface area contributed by atoms with Gasteiger partial charge in [-0.2, -0.15) is 0 Å². The van der Waals surface area contributed by atoms with Gasteiger partial charge in [0.15, 0.2) is 0 Å². The van der Waals surface area contributed by atoms with Crippen LogP contribution in [0.15, 0.2) is 36.4 Å². The van der Waals surface area contributed by atoms with Crippen LogP contribution in [-0.4, -0.2) is 21.9 Å². The van der Waals surface area contributed by atoms with E-state index in [9.17, 15) is 24.8 Å². The molecule has 3 rings (SSSR count). The van der Waals surface area contributed by atoms with Gasteiger partial charge < -0.3 is 10.4 Å². The molecule has 1 aromatic rings. The SMILES string of the molecule is O=C(Nc1cccc([N+](=O)[O-])c1)[C@@H]1[C@@H]2C=C[C@@H]1C[C@@H]2C(=O)O. The first-order valence-corrected chi connectivity index (χ1v) is 6.94. The van der Waals surface area contributed by atoms with Crippen molar-refractivity contribution < 1.29 is 19.6 Å². The Morgan fingerprint density at radius 2 is 2.09 bits per heavy atom. The minimum Gasteiger partial charge on any atom is -0.481 e. The minimum atomic E-state index is -0.884. The summed E-state index contributed by atoms with van der Waals surface area (Å²) in [5.74, 6) is -2.50. The number of hydrogen-bond acceptors (Lipinski definition) is 4. The quantitative estimate of drug-likeness (QED) is 0.502. The van der Waals surface area contributed by atoms with Gasteiger partial charge in [0, 0.05) is 23.7 Å². The number of rotatable bonds is 4. The molecule has 0 aliphatic heterocycles. The molecule has 114 valence electrons. The minimum absolute atomic E-state index is 0.0789. The molecule has 7 heteroatoms. The number of carbonyl (C=O) groups excluding carboxylic acids is 1. The number of nitro groups is 1. The van der Waals surface area contributed by atoms with Gasteiger partial charge in [-0.15, -0.1) is 0 Å². The third kappa shape index (κ3) is 2.34. The van der Waals surface area contributed by atoms with E-state index in [4.69, 9.17) is 0 Å². The van der Waals surface area contributed by atoms with E-state index in [2.05, 4.69) is 5.32 Å². The maximum atomic E-state index is 12.4. The standard InChI is InChI=1S/C15H14N2O5/c18-14(16-9-2-1-3-10(7-9)17(21)22)13-8-4-5-11(13)12(6-8)15(19)20/h1-5,7-8,11-13H,6H2,(H,16,18)(H,19,20)/t8-,11-,12+,13+/m1/s1. The van der Waals surface area contributed by atoms with Crippen molar-refractivity contribution in [2.24, 2.45) is 23.7 Å². The van der Waals surface area contributed by atoms with E-state index >= 15 is 0 Å². The molecule has 4 atom stereocenters. The Labute approximate surface area is 125 Å². The van der Waals surface area contributed by atoms with Crippen LogP contribution in [0.5, 0.6) is 0 Å². The summed E-state index contributed by atoms with van der Waals surface area (Å²) < 4.78 is 0. The zero-order valence-corrected chi connectivity index (χ0v) is 11.5. The number of amides is 1. The number of carboxylic acid groups (broad SMARTS) is 1. The lowest BCUT2D eigenvalue weighted by Gasteiger charge is -2.17. The van der Waals surface area contributed by atoms with E-state index in [1.807, 2.05) is 6.08 Å². The fourth-order valence-corrected chi connectivity index (χ4v) is 3.41. The molecular weight excluding hydrogens is 288 g/mol. The normalized spacial score (nSPS) is 28.5. The number of aliphatic carboxylic acids is 1. The Morgan fingerprint density at radius 3 is 2.73 bits per heavy atom. The summed E-state index contributed by atoms with van der Waals surface area (Å²) in [7, 11) is 0. The summed E-state index contributed by atoms with van der Waals surface area (Å²) in [6, 6.07) is 5.70. The van der Waals surface area contributed by atoms with Gasteiger partial charge in [0.25, 0.3) is 5.69 Å². The Morgan fingerprint density at radius 1 is 1.32 bits per heavy atom. The fraction of sp³-hybridized carbons (Fsp3) is 0.333. The molecule has 1 amide bonds. The van der Waals surface area contributed by atoms with Crippen molar-refractivity contribution in [3.63, 3.8) is 0 Å². The highest BCUT2D eigenvalue weighted by Crippen LogP contribution is 2.48. The topological polar surface area (TPSA) is 110 Å². The van der Waals surface area contributed by atoms with Gasteiger partial charge in [0.1, 0.15) is 0 Å². The predicted molar refractivity (Wildman–Crippen MR) is 77.1 cm³/mol. The Kier molecular flexibility index (Phi) is 3.40. The van der Waals surface area contributed by atoms with E-state index in [0.29, 0.717) is 12.1 Å². The molecule has 0 unspecified atom stereocenters. The second-order valence-electron chi connectivity index (χ2n) is 5.63. The highest BCUT2D eigenvalue weighted by Gasteiger charge is 2.50. The van der Waals surface area contributed by atoms with E-state index in [1.54, 1.807) is 12.1 Å². The maximum Gasteiger partial charge on any atom is 0.307 e. The predicted octanol–water partition coefficient (Wildman–Crippen LogP) is 2.06. The van der Waals surface area contributed by atoms with Gasteiger partial charge in [0.2, 0.25) is 5.91 Å². The number of carbonyl (C=O) groups is 2. The van der Waals surface area contributed by atoms with Crippen LogP contribution >= 0.6 is 0 Å². The molecule has 0 heterocycles. The molecule has 1 fully saturated rings. The van der Waals surface area contributed by atoms with Crippen molar-refractivity contribution >= 4 is 23.3 Å². The highest BCUT2D eigenvalue weighted by molar-refractivity contribution is 5.95. The van der Waals surface area contributed by atoms with Crippen LogP contribution in [0.2, 0.25) is 0 Å². The summed E-state index contributed by atoms with van der Waals surface area (Å²) in [6.07, 6.45) is 4.15. The lowest BCUT2D eigenvalue weighted by Crippen LogP contribution is -2.29. The van der Waals surface area contributed by atoms with Crippen LogP contribution in [-0.2, 0) is 9.59 Å². The highest BCUT2D eigenvalue weighted by atomic mass is 16.6. The smallest absolute Gasteiger partial charge is 0.307 e. The average molecular weight is 302 g/mol. The number of benzene rings is 1. The number of allylic oxidation sites excluding steroid dienone is 2. The molecule has 2 N–H and O–H groups in total. The average Bonchev–Trinajstić information content (AvgIpc) is 3.05. The molecular formula is C15H14N2O5. The largest absolute Gasteiger partial charge is 0.481 e. The molecule has 0 aromatic heterocycles. The lowest BCUT2D eigenvalue weighted by atomic mass is 9.90. The number of nitro benzene ring substituents is 1. The third-order valence-electron chi connectivity index (χ3n) is 4.39. The van der Waals surface area contributed by atoms with Crippen molar-refractivity contribution in [3.05, 3.63) is 46.5 Å². The monoisotopic (exact) mass is 302 g/mol. The van der Waals surface area contributed by atoms with Gasteiger partial charge in [-0.3, -0.25) is 19.7 Å². The van der Waals surface area contributed by atoms with E-state index < -0.39 is 22.7 Å². The number of fused-ring (bicyclic) bond motifs is 2. The molecule has 0 saturated heterocycles. The third-order valence-corrected chi connectivity index (χ3v) is 4.39. The van der Waals surface area contributed by atoms with Crippen LogP contribution in [0.3, 0.4) is 0 Å². The molecule has 7 nitrogen and oxygen atoms in total. The lowest BCUT2D eigenvalue weighted by molar-refractivity contribution is -0.384. The first-order chi connectivity index (χ1) is 10.5. The fourth-order valence-electron chi connectivity index (χ4n) is 3.41. The van der Waals surface area contributed by atoms with E-state index in [1.165, 1.54) is 18.2 Å². The molecule has 1 saturated carbocycles. The second kappa shape index (κ2) is 5.25. The van der Waals surface area contributed by atoms with E-state index in [-0.39, 0.29) is 23.4 Å². The van der Waals surface area contributed by atoms with Gasteiger partial charge in [-0.05, 0) is 18.4 Å². The van der Waals surface area contributed by atoms with Gasteiger partial charge in [0.05, 0.1) is 16.8 Å². The van der Waals surface area contributed by atoms with Crippen molar-refractivity contribution in [1.82, 2.24) is 0 Å². The molecule has 2 aliphatic carbocycles. The Balaban J connectivity index is 1.75.